The van der Waals surface area contributed by atoms with Gasteiger partial charge in [0.2, 0.25) is 21.8 Å². The molecule has 9 heteroatoms. The van der Waals surface area contributed by atoms with Gasteiger partial charge in [0.25, 0.3) is 0 Å². The molecule has 1 N–H and O–H groups in total. The van der Waals surface area contributed by atoms with Crippen molar-refractivity contribution in [2.45, 2.75) is 77.2 Å². The zero-order valence-corrected chi connectivity index (χ0v) is 20.9. The largest absolute Gasteiger partial charge is 0.344 e. The van der Waals surface area contributed by atoms with Crippen LogP contribution in [0.2, 0.25) is 0 Å². The van der Waals surface area contributed by atoms with Gasteiger partial charge in [-0.05, 0) is 63.5 Å². The van der Waals surface area contributed by atoms with Crippen LogP contribution in [0.4, 0.5) is 0 Å². The van der Waals surface area contributed by atoms with E-state index in [0.717, 1.165) is 35.4 Å². The lowest BCUT2D eigenvalue weighted by molar-refractivity contribution is -0.127. The number of aromatic nitrogens is 2. The van der Waals surface area contributed by atoms with Crippen molar-refractivity contribution in [3.63, 3.8) is 0 Å². The second-order valence-corrected chi connectivity index (χ2v) is 11.8. The molecule has 1 atom stereocenters. The van der Waals surface area contributed by atoms with Gasteiger partial charge in [-0.1, -0.05) is 36.7 Å². The fraction of sp³-hybridized carbons (Fsp3) is 0.625. The lowest BCUT2D eigenvalue weighted by Gasteiger charge is -2.32. The molecule has 33 heavy (non-hydrogen) atoms. The molecule has 0 bridgehead atoms. The summed E-state index contributed by atoms with van der Waals surface area (Å²) in [5, 5.41) is 7.16. The third-order valence-electron chi connectivity index (χ3n) is 6.66. The summed E-state index contributed by atoms with van der Waals surface area (Å²) in [5.41, 5.74) is 2.57. The molecule has 0 spiro atoms. The lowest BCUT2D eigenvalue weighted by atomic mass is 9.95. The molecule has 2 heterocycles. The summed E-state index contributed by atoms with van der Waals surface area (Å²) in [5.74, 6) is 1.33. The van der Waals surface area contributed by atoms with Crippen LogP contribution in [0.15, 0.2) is 21.6 Å². The van der Waals surface area contributed by atoms with Crippen molar-refractivity contribution in [1.29, 1.82) is 0 Å². The summed E-state index contributed by atoms with van der Waals surface area (Å²) in [6.45, 7) is 10.3. The highest BCUT2D eigenvalue weighted by molar-refractivity contribution is 7.89. The molecule has 1 aromatic carbocycles. The molecule has 2 aromatic rings. The van der Waals surface area contributed by atoms with Crippen molar-refractivity contribution < 1.29 is 17.7 Å². The van der Waals surface area contributed by atoms with Crippen molar-refractivity contribution in [3.8, 4) is 0 Å². The quantitative estimate of drug-likeness (QED) is 0.655. The number of piperidine rings is 1. The molecule has 1 aliphatic heterocycles. The Morgan fingerprint density at radius 1 is 1.09 bits per heavy atom. The predicted octanol–water partition coefficient (Wildman–Crippen LogP) is 3.79. The van der Waals surface area contributed by atoms with Crippen LogP contribution >= 0.6 is 0 Å². The summed E-state index contributed by atoms with van der Waals surface area (Å²) < 4.78 is 33.6. The highest BCUT2D eigenvalue weighted by Gasteiger charge is 2.36. The number of aryl methyl sites for hydroxylation is 3. The number of hydrogen-bond donors (Lipinski definition) is 1. The van der Waals surface area contributed by atoms with Crippen LogP contribution in [0.25, 0.3) is 0 Å². The first-order valence-electron chi connectivity index (χ1n) is 11.8. The number of nitrogens with one attached hydrogen (secondary N) is 1. The zero-order valence-electron chi connectivity index (χ0n) is 20.1. The van der Waals surface area contributed by atoms with Gasteiger partial charge in [-0.15, -0.1) is 0 Å². The molecule has 1 unspecified atom stereocenters. The molecular weight excluding hydrogens is 440 g/mol. The summed E-state index contributed by atoms with van der Waals surface area (Å²) in [6.07, 6.45) is 3.13. The molecule has 180 valence electrons. The number of sulfonamides is 1. The van der Waals surface area contributed by atoms with Gasteiger partial charge in [0.1, 0.15) is 6.04 Å². The van der Waals surface area contributed by atoms with Gasteiger partial charge in [0.05, 0.1) is 4.90 Å². The molecule has 1 amide bonds. The van der Waals surface area contributed by atoms with E-state index in [2.05, 4.69) is 15.5 Å². The predicted molar refractivity (Wildman–Crippen MR) is 124 cm³/mol. The van der Waals surface area contributed by atoms with Gasteiger partial charge >= 0.3 is 0 Å². The van der Waals surface area contributed by atoms with E-state index in [1.807, 2.05) is 46.8 Å². The number of hydrogen-bond acceptors (Lipinski definition) is 6. The van der Waals surface area contributed by atoms with Crippen molar-refractivity contribution in [2.75, 3.05) is 13.1 Å². The molecule has 4 rings (SSSR count). The van der Waals surface area contributed by atoms with Crippen LogP contribution in [0.3, 0.4) is 0 Å². The highest BCUT2D eigenvalue weighted by Crippen LogP contribution is 2.39. The Kier molecular flexibility index (Phi) is 6.64. The minimum Gasteiger partial charge on any atom is -0.344 e. The fourth-order valence-electron chi connectivity index (χ4n) is 4.73. The van der Waals surface area contributed by atoms with E-state index in [4.69, 9.17) is 4.52 Å². The van der Waals surface area contributed by atoms with Crippen LogP contribution in [0.1, 0.15) is 79.9 Å². The molecule has 1 saturated heterocycles. The molecular formula is C24H34N4O4S. The van der Waals surface area contributed by atoms with Crippen molar-refractivity contribution in [3.05, 3.63) is 40.5 Å². The van der Waals surface area contributed by atoms with Crippen LogP contribution in [-0.2, 0) is 14.8 Å². The average molecular weight is 475 g/mol. The van der Waals surface area contributed by atoms with Crippen LogP contribution in [0, 0.1) is 32.6 Å². The molecule has 1 saturated carbocycles. The lowest BCUT2D eigenvalue weighted by Crippen LogP contribution is -2.44. The molecule has 8 nitrogen and oxygen atoms in total. The standard InChI is InChI=1S/C24H34N4O4S/c1-14(2)20(24-26-22(27-32-24)18-6-7-18)25-23(29)19-8-10-28(11-9-19)33(30,31)21-16(4)12-15(3)13-17(21)5/h12-14,18-20H,6-11H2,1-5H3,(H,25,29). The number of carbonyl (C=O) groups is 1. The van der Waals surface area contributed by atoms with Gasteiger partial charge in [-0.3, -0.25) is 4.79 Å². The van der Waals surface area contributed by atoms with E-state index in [0.29, 0.717) is 42.6 Å². The van der Waals surface area contributed by atoms with E-state index < -0.39 is 10.0 Å². The van der Waals surface area contributed by atoms with E-state index >= 15 is 0 Å². The normalized spacial score (nSPS) is 19.1. The Morgan fingerprint density at radius 3 is 2.24 bits per heavy atom. The summed E-state index contributed by atoms with van der Waals surface area (Å²) in [6, 6.07) is 3.45. The minimum atomic E-state index is -3.60. The van der Waals surface area contributed by atoms with Gasteiger partial charge < -0.3 is 9.84 Å². The monoisotopic (exact) mass is 474 g/mol. The average Bonchev–Trinajstić information content (AvgIpc) is 3.48. The Labute approximate surface area is 196 Å². The first kappa shape index (κ1) is 23.9. The molecule has 1 aliphatic carbocycles. The first-order chi connectivity index (χ1) is 15.6. The van der Waals surface area contributed by atoms with E-state index in [9.17, 15) is 13.2 Å². The Bertz CT molecular complexity index is 1110. The second kappa shape index (κ2) is 9.18. The van der Waals surface area contributed by atoms with Crippen LogP contribution < -0.4 is 5.32 Å². The van der Waals surface area contributed by atoms with Crippen molar-refractivity contribution >= 4 is 15.9 Å². The Morgan fingerprint density at radius 2 is 1.70 bits per heavy atom. The summed E-state index contributed by atoms with van der Waals surface area (Å²) >= 11 is 0. The van der Waals surface area contributed by atoms with Crippen molar-refractivity contribution in [2.24, 2.45) is 11.8 Å². The number of carbonyl (C=O) groups excluding carboxylic acids is 1. The Hall–Kier alpha value is -2.26. The minimum absolute atomic E-state index is 0.0837. The third-order valence-corrected chi connectivity index (χ3v) is 8.86. The van der Waals surface area contributed by atoms with E-state index in [-0.39, 0.29) is 23.8 Å². The second-order valence-electron chi connectivity index (χ2n) is 9.90. The highest BCUT2D eigenvalue weighted by atomic mass is 32.2. The Balaban J connectivity index is 1.41. The summed E-state index contributed by atoms with van der Waals surface area (Å²) in [4.78, 5) is 17.9. The van der Waals surface area contributed by atoms with Gasteiger partial charge in [-0.25, -0.2) is 8.42 Å². The molecule has 1 aromatic heterocycles. The van der Waals surface area contributed by atoms with E-state index in [1.54, 1.807) is 0 Å². The molecule has 0 radical (unpaired) electrons. The summed E-state index contributed by atoms with van der Waals surface area (Å²) in [7, 11) is -3.60. The molecule has 2 aliphatic rings. The number of amides is 1. The van der Waals surface area contributed by atoms with Crippen LogP contribution in [0.5, 0.6) is 0 Å². The van der Waals surface area contributed by atoms with Gasteiger partial charge in [0.15, 0.2) is 5.82 Å². The van der Waals surface area contributed by atoms with E-state index in [1.165, 1.54) is 4.31 Å². The maximum absolute atomic E-state index is 13.3. The maximum atomic E-state index is 13.3. The third kappa shape index (κ3) is 4.99. The fourth-order valence-corrected chi connectivity index (χ4v) is 6.61. The maximum Gasteiger partial charge on any atom is 0.249 e. The number of benzene rings is 1. The first-order valence-corrected chi connectivity index (χ1v) is 13.2. The van der Waals surface area contributed by atoms with Gasteiger partial charge in [0, 0.05) is 24.9 Å². The number of nitrogens with zero attached hydrogens (tertiary/aromatic N) is 3. The van der Waals surface area contributed by atoms with Crippen molar-refractivity contribution in [1.82, 2.24) is 19.8 Å². The smallest absolute Gasteiger partial charge is 0.249 e. The van der Waals surface area contributed by atoms with Gasteiger partial charge in [-0.2, -0.15) is 9.29 Å². The number of rotatable bonds is 7. The molecule has 2 fully saturated rings. The topological polar surface area (TPSA) is 105 Å². The zero-order chi connectivity index (χ0) is 23.9. The SMILES string of the molecule is Cc1cc(C)c(S(=O)(=O)N2CCC(C(=O)NC(c3nc(C4CC4)no3)C(C)C)CC2)c(C)c1. The van der Waals surface area contributed by atoms with Crippen LogP contribution in [-0.4, -0.2) is 41.9 Å².